The minimum atomic E-state index is -0.0742. The van der Waals surface area contributed by atoms with Crippen LogP contribution in [0.3, 0.4) is 0 Å². The molecule has 0 unspecified atom stereocenters. The van der Waals surface area contributed by atoms with Crippen molar-refractivity contribution in [3.05, 3.63) is 71.8 Å². The molecule has 0 fully saturated rings. The molecule has 0 heterocycles. The van der Waals surface area contributed by atoms with Crippen LogP contribution in [0, 0.1) is 0 Å². The Balaban J connectivity index is 2.14. The van der Waals surface area contributed by atoms with Crippen molar-refractivity contribution in [3.8, 4) is 11.5 Å². The molecule has 122 valence electrons. The number of benzene rings is 2. The van der Waals surface area contributed by atoms with Crippen molar-refractivity contribution in [2.45, 2.75) is 32.9 Å². The van der Waals surface area contributed by atoms with E-state index in [1.165, 1.54) is 0 Å². The molecule has 0 aliphatic heterocycles. The van der Waals surface area contributed by atoms with E-state index >= 15 is 0 Å². The summed E-state index contributed by atoms with van der Waals surface area (Å²) in [5.41, 5.74) is 9.44. The van der Waals surface area contributed by atoms with E-state index in [9.17, 15) is 0 Å². The van der Waals surface area contributed by atoms with E-state index in [4.69, 9.17) is 15.2 Å². The molecule has 0 spiro atoms. The molecule has 3 nitrogen and oxygen atoms in total. The van der Waals surface area contributed by atoms with Crippen molar-refractivity contribution in [2.75, 3.05) is 6.61 Å². The molecule has 2 aromatic rings. The third kappa shape index (κ3) is 5.15. The largest absolute Gasteiger partial charge is 0.490 e. The van der Waals surface area contributed by atoms with Gasteiger partial charge in [0.15, 0.2) is 11.5 Å². The molecular weight excluding hydrogens is 286 g/mol. The summed E-state index contributed by atoms with van der Waals surface area (Å²) >= 11 is 0. The lowest BCUT2D eigenvalue weighted by atomic mass is 10.0. The van der Waals surface area contributed by atoms with Gasteiger partial charge in [-0.25, -0.2) is 0 Å². The Labute approximate surface area is 138 Å². The number of rotatable bonds is 8. The van der Waals surface area contributed by atoms with Crippen LogP contribution in [-0.2, 0) is 6.61 Å². The van der Waals surface area contributed by atoms with Crippen molar-refractivity contribution < 1.29 is 9.47 Å². The topological polar surface area (TPSA) is 44.5 Å². The normalized spacial score (nSPS) is 11.8. The van der Waals surface area contributed by atoms with Gasteiger partial charge in [-0.05, 0) is 43.5 Å². The van der Waals surface area contributed by atoms with Gasteiger partial charge in [0.25, 0.3) is 0 Å². The molecule has 0 amide bonds. The monoisotopic (exact) mass is 311 g/mol. The van der Waals surface area contributed by atoms with Gasteiger partial charge >= 0.3 is 0 Å². The highest BCUT2D eigenvalue weighted by Crippen LogP contribution is 2.32. The molecule has 2 rings (SSSR count). The first-order valence-electron chi connectivity index (χ1n) is 7.93. The summed E-state index contributed by atoms with van der Waals surface area (Å²) in [5.74, 6) is 1.47. The Hall–Kier alpha value is -2.26. The van der Waals surface area contributed by atoms with Gasteiger partial charge in [-0.1, -0.05) is 42.0 Å². The zero-order chi connectivity index (χ0) is 16.7. The molecule has 23 heavy (non-hydrogen) atoms. The molecule has 0 saturated carbocycles. The van der Waals surface area contributed by atoms with Crippen molar-refractivity contribution in [2.24, 2.45) is 5.73 Å². The maximum absolute atomic E-state index is 6.22. The van der Waals surface area contributed by atoms with Gasteiger partial charge in [-0.2, -0.15) is 0 Å². The number of hydrogen-bond acceptors (Lipinski definition) is 3. The fourth-order valence-electron chi connectivity index (χ4n) is 2.37. The summed E-state index contributed by atoms with van der Waals surface area (Å²) in [5, 5.41) is 0. The minimum Gasteiger partial charge on any atom is -0.490 e. The van der Waals surface area contributed by atoms with Crippen LogP contribution in [0.5, 0.6) is 11.5 Å². The van der Waals surface area contributed by atoms with Crippen LogP contribution in [0.25, 0.3) is 0 Å². The zero-order valence-electron chi connectivity index (χ0n) is 13.9. The Morgan fingerprint density at radius 2 is 1.83 bits per heavy atom. The average Bonchev–Trinajstić information content (AvgIpc) is 2.54. The smallest absolute Gasteiger partial charge is 0.161 e. The van der Waals surface area contributed by atoms with Gasteiger partial charge < -0.3 is 15.2 Å². The summed E-state index contributed by atoms with van der Waals surface area (Å²) in [6, 6.07) is 15.9. The standard InChI is InChI=1S/C20H25NO2/c1-4-22-20-13-17(18(21)12-15(2)3)10-11-19(20)23-14-16-8-6-5-7-9-16/h5-11,13,18H,2,4,12,14,21H2,1,3H3/t18-/m1/s1. The van der Waals surface area contributed by atoms with E-state index in [0.717, 1.165) is 34.6 Å². The fourth-order valence-corrected chi connectivity index (χ4v) is 2.37. The van der Waals surface area contributed by atoms with Crippen LogP contribution in [0.15, 0.2) is 60.7 Å². The second kappa shape index (κ2) is 8.39. The van der Waals surface area contributed by atoms with E-state index in [-0.39, 0.29) is 6.04 Å². The van der Waals surface area contributed by atoms with Crippen LogP contribution >= 0.6 is 0 Å². The maximum atomic E-state index is 6.22. The van der Waals surface area contributed by atoms with Gasteiger partial charge in [0, 0.05) is 6.04 Å². The maximum Gasteiger partial charge on any atom is 0.161 e. The lowest BCUT2D eigenvalue weighted by Gasteiger charge is -2.17. The van der Waals surface area contributed by atoms with Crippen LogP contribution in [0.2, 0.25) is 0 Å². The van der Waals surface area contributed by atoms with Gasteiger partial charge in [-0.3, -0.25) is 0 Å². The summed E-state index contributed by atoms with van der Waals surface area (Å²) in [6.07, 6.45) is 0.760. The summed E-state index contributed by atoms with van der Waals surface area (Å²) in [7, 11) is 0. The Morgan fingerprint density at radius 1 is 1.09 bits per heavy atom. The molecule has 0 radical (unpaired) electrons. The van der Waals surface area contributed by atoms with Gasteiger partial charge in [0.2, 0.25) is 0 Å². The minimum absolute atomic E-state index is 0.0742. The van der Waals surface area contributed by atoms with Gasteiger partial charge in [-0.15, -0.1) is 6.58 Å². The van der Waals surface area contributed by atoms with Crippen LogP contribution < -0.4 is 15.2 Å². The van der Waals surface area contributed by atoms with Crippen molar-refractivity contribution in [3.63, 3.8) is 0 Å². The predicted octanol–water partition coefficient (Wildman–Crippen LogP) is 4.63. The summed E-state index contributed by atoms with van der Waals surface area (Å²) < 4.78 is 11.6. The molecule has 1 atom stereocenters. The molecular formula is C20H25NO2. The Bertz CT molecular complexity index is 637. The van der Waals surface area contributed by atoms with Crippen LogP contribution in [0.1, 0.15) is 37.4 Å². The Morgan fingerprint density at radius 3 is 2.48 bits per heavy atom. The summed E-state index contributed by atoms with van der Waals surface area (Å²) in [6.45, 7) is 8.97. The number of hydrogen-bond donors (Lipinski definition) is 1. The van der Waals surface area contributed by atoms with E-state index in [1.54, 1.807) is 0 Å². The first-order chi connectivity index (χ1) is 11.1. The van der Waals surface area contributed by atoms with Crippen LogP contribution in [0.4, 0.5) is 0 Å². The quantitative estimate of drug-likeness (QED) is 0.723. The van der Waals surface area contributed by atoms with Crippen molar-refractivity contribution >= 4 is 0 Å². The first kappa shape index (κ1) is 17.1. The second-order valence-corrected chi connectivity index (χ2v) is 5.68. The van der Waals surface area contributed by atoms with Crippen LogP contribution in [-0.4, -0.2) is 6.61 Å². The molecule has 2 aromatic carbocycles. The van der Waals surface area contributed by atoms with Crippen molar-refractivity contribution in [1.82, 2.24) is 0 Å². The molecule has 0 saturated heterocycles. The highest BCUT2D eigenvalue weighted by molar-refractivity contribution is 5.44. The van der Waals surface area contributed by atoms with Gasteiger partial charge in [0.05, 0.1) is 6.61 Å². The second-order valence-electron chi connectivity index (χ2n) is 5.68. The van der Waals surface area contributed by atoms with E-state index in [1.807, 2.05) is 62.4 Å². The van der Waals surface area contributed by atoms with E-state index in [2.05, 4.69) is 6.58 Å². The molecule has 0 aliphatic rings. The van der Waals surface area contributed by atoms with Gasteiger partial charge in [0.1, 0.15) is 6.61 Å². The molecule has 0 aliphatic carbocycles. The highest BCUT2D eigenvalue weighted by atomic mass is 16.5. The van der Waals surface area contributed by atoms with Crippen molar-refractivity contribution in [1.29, 1.82) is 0 Å². The molecule has 0 aromatic heterocycles. The summed E-state index contributed by atoms with van der Waals surface area (Å²) in [4.78, 5) is 0. The molecule has 2 N–H and O–H groups in total. The third-order valence-electron chi connectivity index (χ3n) is 3.50. The SMILES string of the molecule is C=C(C)C[C@@H](N)c1ccc(OCc2ccccc2)c(OCC)c1. The van der Waals surface area contributed by atoms with E-state index in [0.29, 0.717) is 13.2 Å². The lowest BCUT2D eigenvalue weighted by Crippen LogP contribution is -2.11. The first-order valence-corrected chi connectivity index (χ1v) is 7.93. The zero-order valence-corrected chi connectivity index (χ0v) is 13.9. The Kier molecular flexibility index (Phi) is 6.24. The number of nitrogens with two attached hydrogens (primary N) is 1. The lowest BCUT2D eigenvalue weighted by molar-refractivity contribution is 0.269. The number of ether oxygens (including phenoxy) is 2. The van der Waals surface area contributed by atoms with E-state index < -0.39 is 0 Å². The highest BCUT2D eigenvalue weighted by Gasteiger charge is 2.12. The average molecular weight is 311 g/mol. The predicted molar refractivity (Wildman–Crippen MR) is 94.7 cm³/mol. The third-order valence-corrected chi connectivity index (χ3v) is 3.50. The molecule has 0 bridgehead atoms. The molecule has 3 heteroatoms. The fraction of sp³-hybridized carbons (Fsp3) is 0.300.